The topological polar surface area (TPSA) is 50.9 Å². The van der Waals surface area contributed by atoms with Gasteiger partial charge >= 0.3 is 0 Å². The lowest BCUT2D eigenvalue weighted by Crippen LogP contribution is -1.96. The summed E-state index contributed by atoms with van der Waals surface area (Å²) >= 11 is 1.70. The first-order valence-corrected chi connectivity index (χ1v) is 6.13. The Kier molecular flexibility index (Phi) is 3.31. The van der Waals surface area contributed by atoms with Gasteiger partial charge in [-0.15, -0.1) is 11.8 Å². The first-order chi connectivity index (χ1) is 7.79. The van der Waals surface area contributed by atoms with Crippen LogP contribution in [0.15, 0.2) is 47.5 Å². The molecule has 0 radical (unpaired) electrons. The summed E-state index contributed by atoms with van der Waals surface area (Å²) in [6.45, 7) is 0. The fourth-order valence-corrected chi connectivity index (χ4v) is 1.95. The predicted molar refractivity (Wildman–Crippen MR) is 70.2 cm³/mol. The van der Waals surface area contributed by atoms with Gasteiger partial charge in [-0.25, -0.2) is 4.98 Å². The van der Waals surface area contributed by atoms with Crippen LogP contribution in [-0.2, 0) is 0 Å². The molecule has 1 aromatic heterocycles. The molecule has 0 saturated carbocycles. The van der Waals surface area contributed by atoms with Crippen LogP contribution >= 0.6 is 11.8 Å². The van der Waals surface area contributed by atoms with Crippen LogP contribution in [0.2, 0.25) is 0 Å². The number of anilines is 3. The molecule has 0 amide bonds. The minimum atomic E-state index is 0.708. The number of aromatic nitrogens is 1. The highest BCUT2D eigenvalue weighted by Crippen LogP contribution is 2.27. The van der Waals surface area contributed by atoms with Crippen molar-refractivity contribution in [2.24, 2.45) is 0 Å². The number of rotatable bonds is 3. The quantitative estimate of drug-likeness (QED) is 0.797. The third-order valence-electron chi connectivity index (χ3n) is 2.15. The Morgan fingerprint density at radius 1 is 1.25 bits per heavy atom. The highest BCUT2D eigenvalue weighted by atomic mass is 32.2. The number of benzene rings is 1. The van der Waals surface area contributed by atoms with Crippen molar-refractivity contribution < 1.29 is 0 Å². The van der Waals surface area contributed by atoms with E-state index >= 15 is 0 Å². The third-order valence-corrected chi connectivity index (χ3v) is 2.95. The normalized spacial score (nSPS) is 10.1. The highest BCUT2D eigenvalue weighted by molar-refractivity contribution is 7.98. The maximum atomic E-state index is 5.70. The van der Waals surface area contributed by atoms with E-state index in [2.05, 4.69) is 16.4 Å². The molecule has 2 rings (SSSR count). The van der Waals surface area contributed by atoms with Gasteiger partial charge in [-0.3, -0.25) is 0 Å². The van der Waals surface area contributed by atoms with Crippen LogP contribution < -0.4 is 11.1 Å². The lowest BCUT2D eigenvalue weighted by atomic mass is 10.3. The average molecular weight is 231 g/mol. The molecule has 0 saturated heterocycles. The van der Waals surface area contributed by atoms with Crippen molar-refractivity contribution in [1.82, 2.24) is 4.98 Å². The summed E-state index contributed by atoms with van der Waals surface area (Å²) in [5, 5.41) is 3.25. The standard InChI is InChI=1S/C12H13N3S/c1-16-11-5-3-2-4-10(11)15-12-8-9(13)6-7-14-12/h2-8H,1H3,(H3,13,14,15). The minimum Gasteiger partial charge on any atom is -0.399 e. The zero-order valence-electron chi connectivity index (χ0n) is 8.97. The van der Waals surface area contributed by atoms with Crippen LogP contribution in [0, 0.1) is 0 Å². The number of nitrogen functional groups attached to an aromatic ring is 1. The Bertz CT molecular complexity index is 485. The second-order valence-electron chi connectivity index (χ2n) is 3.30. The smallest absolute Gasteiger partial charge is 0.132 e. The van der Waals surface area contributed by atoms with Crippen LogP contribution in [0.1, 0.15) is 0 Å². The largest absolute Gasteiger partial charge is 0.399 e. The van der Waals surface area contributed by atoms with Crippen LogP contribution in [0.25, 0.3) is 0 Å². The van der Waals surface area contributed by atoms with Crippen molar-refractivity contribution in [2.75, 3.05) is 17.3 Å². The second kappa shape index (κ2) is 4.90. The fraction of sp³-hybridized carbons (Fsp3) is 0.0833. The van der Waals surface area contributed by atoms with E-state index in [1.165, 1.54) is 4.90 Å². The average Bonchev–Trinajstić information content (AvgIpc) is 2.30. The molecule has 3 nitrogen and oxygen atoms in total. The SMILES string of the molecule is CSc1ccccc1Nc1cc(N)ccn1. The molecule has 4 heteroatoms. The molecule has 0 bridgehead atoms. The summed E-state index contributed by atoms with van der Waals surface area (Å²) in [4.78, 5) is 5.40. The summed E-state index contributed by atoms with van der Waals surface area (Å²) in [6, 6.07) is 11.7. The molecule has 3 N–H and O–H groups in total. The van der Waals surface area contributed by atoms with E-state index in [1.54, 1.807) is 24.0 Å². The Labute approximate surface area is 99.1 Å². The van der Waals surface area contributed by atoms with Crippen molar-refractivity contribution in [1.29, 1.82) is 0 Å². The van der Waals surface area contributed by atoms with Gasteiger partial charge in [0.25, 0.3) is 0 Å². The second-order valence-corrected chi connectivity index (χ2v) is 4.15. The van der Waals surface area contributed by atoms with Gasteiger partial charge in [0, 0.05) is 22.8 Å². The van der Waals surface area contributed by atoms with E-state index in [4.69, 9.17) is 5.73 Å². The molecular formula is C12H13N3S. The molecule has 0 aliphatic rings. The van der Waals surface area contributed by atoms with E-state index in [1.807, 2.05) is 30.5 Å². The van der Waals surface area contributed by atoms with E-state index in [0.29, 0.717) is 5.69 Å². The van der Waals surface area contributed by atoms with Gasteiger partial charge in [-0.1, -0.05) is 12.1 Å². The van der Waals surface area contributed by atoms with Crippen LogP contribution in [0.3, 0.4) is 0 Å². The zero-order chi connectivity index (χ0) is 11.4. The summed E-state index contributed by atoms with van der Waals surface area (Å²) in [6.07, 6.45) is 3.74. The first kappa shape index (κ1) is 10.8. The molecule has 0 atom stereocenters. The number of pyridine rings is 1. The Hall–Kier alpha value is -1.68. The van der Waals surface area contributed by atoms with E-state index in [0.717, 1.165) is 11.5 Å². The van der Waals surface area contributed by atoms with Crippen LogP contribution in [-0.4, -0.2) is 11.2 Å². The van der Waals surface area contributed by atoms with Crippen molar-refractivity contribution >= 4 is 29.0 Å². The number of hydrogen-bond donors (Lipinski definition) is 2. The van der Waals surface area contributed by atoms with Gasteiger partial charge < -0.3 is 11.1 Å². The maximum Gasteiger partial charge on any atom is 0.132 e. The summed E-state index contributed by atoms with van der Waals surface area (Å²) in [5.41, 5.74) is 7.45. The lowest BCUT2D eigenvalue weighted by Gasteiger charge is -2.09. The van der Waals surface area contributed by atoms with E-state index in [9.17, 15) is 0 Å². The molecule has 1 aromatic carbocycles. The van der Waals surface area contributed by atoms with Gasteiger partial charge in [-0.05, 0) is 24.5 Å². The van der Waals surface area contributed by atoms with Crippen molar-refractivity contribution in [2.45, 2.75) is 4.90 Å². The monoisotopic (exact) mass is 231 g/mol. The summed E-state index contributed by atoms with van der Waals surface area (Å²) < 4.78 is 0. The fourth-order valence-electron chi connectivity index (χ4n) is 1.40. The predicted octanol–water partition coefficient (Wildman–Crippen LogP) is 3.13. The first-order valence-electron chi connectivity index (χ1n) is 4.91. The van der Waals surface area contributed by atoms with Crippen molar-refractivity contribution in [3.05, 3.63) is 42.6 Å². The van der Waals surface area contributed by atoms with E-state index < -0.39 is 0 Å². The molecule has 0 aliphatic carbocycles. The van der Waals surface area contributed by atoms with Gasteiger partial charge in [0.15, 0.2) is 0 Å². The van der Waals surface area contributed by atoms with Crippen LogP contribution in [0.5, 0.6) is 0 Å². The van der Waals surface area contributed by atoms with Gasteiger partial charge in [0.1, 0.15) is 5.82 Å². The minimum absolute atomic E-state index is 0.708. The number of nitrogens with zero attached hydrogens (tertiary/aromatic N) is 1. The number of thioether (sulfide) groups is 1. The lowest BCUT2D eigenvalue weighted by molar-refractivity contribution is 1.29. The number of nitrogens with one attached hydrogen (secondary N) is 1. The van der Waals surface area contributed by atoms with Crippen LogP contribution in [0.4, 0.5) is 17.2 Å². The third kappa shape index (κ3) is 2.46. The number of para-hydroxylation sites is 1. The van der Waals surface area contributed by atoms with Gasteiger partial charge in [0.2, 0.25) is 0 Å². The highest BCUT2D eigenvalue weighted by Gasteiger charge is 2.01. The summed E-state index contributed by atoms with van der Waals surface area (Å²) in [7, 11) is 0. The Morgan fingerprint density at radius 2 is 2.06 bits per heavy atom. The molecule has 0 fully saturated rings. The molecule has 0 unspecified atom stereocenters. The number of hydrogen-bond acceptors (Lipinski definition) is 4. The molecule has 82 valence electrons. The zero-order valence-corrected chi connectivity index (χ0v) is 9.79. The Balaban J connectivity index is 2.26. The number of nitrogens with two attached hydrogens (primary N) is 1. The molecule has 0 spiro atoms. The molecular weight excluding hydrogens is 218 g/mol. The molecule has 16 heavy (non-hydrogen) atoms. The molecule has 2 aromatic rings. The Morgan fingerprint density at radius 3 is 2.81 bits per heavy atom. The van der Waals surface area contributed by atoms with Crippen molar-refractivity contribution in [3.8, 4) is 0 Å². The van der Waals surface area contributed by atoms with Crippen molar-refractivity contribution in [3.63, 3.8) is 0 Å². The maximum absolute atomic E-state index is 5.70. The summed E-state index contributed by atoms with van der Waals surface area (Å²) in [5.74, 6) is 0.765. The molecule has 0 aliphatic heterocycles. The van der Waals surface area contributed by atoms with Gasteiger partial charge in [0.05, 0.1) is 5.69 Å². The molecule has 1 heterocycles. The van der Waals surface area contributed by atoms with E-state index in [-0.39, 0.29) is 0 Å². The van der Waals surface area contributed by atoms with Gasteiger partial charge in [-0.2, -0.15) is 0 Å².